The van der Waals surface area contributed by atoms with Crippen molar-refractivity contribution >= 4 is 5.97 Å². The number of hydrogen-bond donors (Lipinski definition) is 2. The molecule has 0 aliphatic carbocycles. The van der Waals surface area contributed by atoms with Gasteiger partial charge in [-0.1, -0.05) is 36.4 Å². The first-order valence-corrected chi connectivity index (χ1v) is 4.02. The number of hydrogen-bond acceptors (Lipinski definition) is 2. The average Bonchev–Trinajstić information content (AvgIpc) is 2.74. The van der Waals surface area contributed by atoms with E-state index in [0.717, 1.165) is 0 Å². The van der Waals surface area contributed by atoms with Crippen LogP contribution in [0.4, 0.5) is 0 Å². The number of benzene rings is 1. The second kappa shape index (κ2) is 5.53. The van der Waals surface area contributed by atoms with Crippen molar-refractivity contribution in [1.29, 1.82) is 0 Å². The van der Waals surface area contributed by atoms with Crippen molar-refractivity contribution in [1.82, 2.24) is 9.97 Å². The summed E-state index contributed by atoms with van der Waals surface area (Å²) in [4.78, 5) is 15.9. The van der Waals surface area contributed by atoms with E-state index < -0.39 is 5.97 Å². The van der Waals surface area contributed by atoms with Gasteiger partial charge in [-0.25, -0.2) is 9.78 Å². The van der Waals surface area contributed by atoms with Gasteiger partial charge in [-0.3, -0.25) is 0 Å². The molecular formula is C10H10N2O2. The maximum atomic E-state index is 9.99. The van der Waals surface area contributed by atoms with Gasteiger partial charge in [-0.15, -0.1) is 0 Å². The van der Waals surface area contributed by atoms with E-state index in [1.807, 2.05) is 36.4 Å². The number of aromatic nitrogens is 2. The van der Waals surface area contributed by atoms with Gasteiger partial charge in [-0.05, 0) is 0 Å². The van der Waals surface area contributed by atoms with Crippen molar-refractivity contribution in [3.8, 4) is 0 Å². The second-order valence-electron chi connectivity index (χ2n) is 2.43. The Morgan fingerprint density at radius 2 is 1.64 bits per heavy atom. The number of nitrogens with zero attached hydrogens (tertiary/aromatic N) is 1. The highest BCUT2D eigenvalue weighted by Crippen LogP contribution is 1.87. The third kappa shape index (κ3) is 3.53. The minimum absolute atomic E-state index is 0.116. The summed E-state index contributed by atoms with van der Waals surface area (Å²) in [7, 11) is 0. The molecule has 0 bridgehead atoms. The van der Waals surface area contributed by atoms with Gasteiger partial charge in [0.15, 0.2) is 0 Å². The molecule has 0 saturated carbocycles. The molecule has 2 N–H and O–H groups in total. The van der Waals surface area contributed by atoms with Crippen molar-refractivity contribution in [2.45, 2.75) is 0 Å². The third-order valence-corrected chi connectivity index (χ3v) is 1.40. The van der Waals surface area contributed by atoms with Gasteiger partial charge in [0.05, 0.1) is 12.5 Å². The molecule has 14 heavy (non-hydrogen) atoms. The fraction of sp³-hybridized carbons (Fsp3) is 0. The van der Waals surface area contributed by atoms with E-state index in [1.165, 1.54) is 12.5 Å². The fourth-order valence-electron chi connectivity index (χ4n) is 0.758. The minimum Gasteiger partial charge on any atom is -0.477 e. The number of nitrogens with one attached hydrogen (secondary N) is 1. The molecular weight excluding hydrogens is 180 g/mol. The average molecular weight is 190 g/mol. The highest BCUT2D eigenvalue weighted by molar-refractivity contribution is 5.84. The summed E-state index contributed by atoms with van der Waals surface area (Å²) in [5, 5.41) is 8.20. The van der Waals surface area contributed by atoms with Crippen LogP contribution in [0.1, 0.15) is 10.5 Å². The highest BCUT2D eigenvalue weighted by atomic mass is 16.4. The maximum Gasteiger partial charge on any atom is 0.353 e. The molecule has 72 valence electrons. The Morgan fingerprint density at radius 3 is 1.86 bits per heavy atom. The Morgan fingerprint density at radius 1 is 1.14 bits per heavy atom. The molecule has 2 rings (SSSR count). The molecule has 0 unspecified atom stereocenters. The molecule has 4 nitrogen and oxygen atoms in total. The number of aromatic carboxylic acids is 1. The summed E-state index contributed by atoms with van der Waals surface area (Å²) in [6.45, 7) is 0. The molecule has 1 aromatic heterocycles. The molecule has 0 amide bonds. The van der Waals surface area contributed by atoms with Crippen molar-refractivity contribution in [2.75, 3.05) is 0 Å². The molecule has 1 heterocycles. The Balaban J connectivity index is 0.000000146. The Hall–Kier alpha value is -2.10. The predicted octanol–water partition coefficient (Wildman–Crippen LogP) is 1.79. The van der Waals surface area contributed by atoms with Gasteiger partial charge < -0.3 is 10.1 Å². The number of carbonyl (C=O) groups is 1. The Kier molecular flexibility index (Phi) is 3.94. The van der Waals surface area contributed by atoms with Gasteiger partial charge in [0, 0.05) is 0 Å². The number of carboxylic acid groups (broad SMARTS) is 1. The largest absolute Gasteiger partial charge is 0.477 e. The van der Waals surface area contributed by atoms with Crippen LogP contribution in [0.15, 0.2) is 48.9 Å². The molecule has 0 radical (unpaired) electrons. The van der Waals surface area contributed by atoms with E-state index in [4.69, 9.17) is 5.11 Å². The van der Waals surface area contributed by atoms with Gasteiger partial charge >= 0.3 is 5.97 Å². The molecule has 0 fully saturated rings. The lowest BCUT2D eigenvalue weighted by Crippen LogP contribution is -1.94. The van der Waals surface area contributed by atoms with E-state index in [2.05, 4.69) is 9.97 Å². The third-order valence-electron chi connectivity index (χ3n) is 1.40. The molecule has 0 atom stereocenters. The first-order chi connectivity index (χ1) is 6.80. The normalized spacial score (nSPS) is 8.57. The quantitative estimate of drug-likeness (QED) is 0.720. The smallest absolute Gasteiger partial charge is 0.353 e. The van der Waals surface area contributed by atoms with Crippen LogP contribution in [0.3, 0.4) is 0 Å². The van der Waals surface area contributed by atoms with Gasteiger partial charge in [0.25, 0.3) is 0 Å². The highest BCUT2D eigenvalue weighted by Gasteiger charge is 1.99. The topological polar surface area (TPSA) is 66.0 Å². The summed E-state index contributed by atoms with van der Waals surface area (Å²) in [6.07, 6.45) is 2.58. The predicted molar refractivity (Wildman–Crippen MR) is 52.0 cm³/mol. The van der Waals surface area contributed by atoms with Crippen LogP contribution >= 0.6 is 0 Å². The maximum absolute atomic E-state index is 9.99. The molecule has 1 aromatic carbocycles. The first-order valence-electron chi connectivity index (χ1n) is 4.02. The number of rotatable bonds is 1. The van der Waals surface area contributed by atoms with E-state index in [9.17, 15) is 4.79 Å². The van der Waals surface area contributed by atoms with E-state index in [-0.39, 0.29) is 5.69 Å². The standard InChI is InChI=1S/C6H6.C4H4N2O2/c1-2-4-6-5-3-1;7-4(8)3-1-5-2-6-3/h1-6H;1-2H,(H,5,6)(H,7,8). The van der Waals surface area contributed by atoms with Crippen LogP contribution in [0, 0.1) is 0 Å². The summed E-state index contributed by atoms with van der Waals surface area (Å²) >= 11 is 0. The van der Waals surface area contributed by atoms with Crippen LogP contribution in [0.5, 0.6) is 0 Å². The lowest BCUT2D eigenvalue weighted by atomic mass is 10.4. The molecule has 0 aliphatic rings. The second-order valence-corrected chi connectivity index (χ2v) is 2.43. The van der Waals surface area contributed by atoms with E-state index in [1.54, 1.807) is 0 Å². The molecule has 0 saturated heterocycles. The number of carboxylic acids is 1. The summed E-state index contributed by atoms with van der Waals surface area (Å²) < 4.78 is 0. The van der Waals surface area contributed by atoms with E-state index >= 15 is 0 Å². The van der Waals surface area contributed by atoms with Crippen molar-refractivity contribution < 1.29 is 9.90 Å². The van der Waals surface area contributed by atoms with E-state index in [0.29, 0.717) is 0 Å². The monoisotopic (exact) mass is 190 g/mol. The zero-order chi connectivity index (χ0) is 10.2. The number of imidazole rings is 1. The van der Waals surface area contributed by atoms with Gasteiger partial charge in [0.1, 0.15) is 5.69 Å². The Bertz CT molecular complexity index is 330. The molecule has 0 spiro atoms. The number of H-pyrrole nitrogens is 1. The van der Waals surface area contributed by atoms with Crippen LogP contribution in [-0.2, 0) is 0 Å². The molecule has 4 heteroatoms. The zero-order valence-electron chi connectivity index (χ0n) is 7.42. The van der Waals surface area contributed by atoms with Crippen LogP contribution in [0.2, 0.25) is 0 Å². The van der Waals surface area contributed by atoms with Gasteiger partial charge in [-0.2, -0.15) is 0 Å². The summed E-state index contributed by atoms with van der Waals surface area (Å²) in [5.41, 5.74) is 0.116. The van der Waals surface area contributed by atoms with Gasteiger partial charge in [0.2, 0.25) is 0 Å². The van der Waals surface area contributed by atoms with Crippen molar-refractivity contribution in [3.63, 3.8) is 0 Å². The van der Waals surface area contributed by atoms with Crippen LogP contribution < -0.4 is 0 Å². The minimum atomic E-state index is -0.984. The number of aromatic amines is 1. The summed E-state index contributed by atoms with van der Waals surface area (Å²) in [6, 6.07) is 12.0. The lowest BCUT2D eigenvalue weighted by Gasteiger charge is -1.79. The summed E-state index contributed by atoms with van der Waals surface area (Å²) in [5.74, 6) is -0.984. The SMILES string of the molecule is O=C(O)c1cnc[nH]1.c1ccccc1. The molecule has 0 aliphatic heterocycles. The molecule has 2 aromatic rings. The Labute approximate surface area is 81.2 Å². The van der Waals surface area contributed by atoms with Crippen LogP contribution in [-0.4, -0.2) is 21.0 Å². The zero-order valence-corrected chi connectivity index (χ0v) is 7.42. The fourth-order valence-corrected chi connectivity index (χ4v) is 0.758. The lowest BCUT2D eigenvalue weighted by molar-refractivity contribution is 0.0691. The van der Waals surface area contributed by atoms with Crippen molar-refractivity contribution in [2.24, 2.45) is 0 Å². The first kappa shape index (κ1) is 9.98. The van der Waals surface area contributed by atoms with Crippen molar-refractivity contribution in [3.05, 3.63) is 54.6 Å². The van der Waals surface area contributed by atoms with Crippen LogP contribution in [0.25, 0.3) is 0 Å².